The molecule has 40 heavy (non-hydrogen) atoms. The van der Waals surface area contributed by atoms with Crippen LogP contribution in [0.1, 0.15) is 34.2 Å². The van der Waals surface area contributed by atoms with Crippen LogP contribution in [-0.2, 0) is 34.5 Å². The molecule has 0 spiro atoms. The van der Waals surface area contributed by atoms with Crippen molar-refractivity contribution in [2.24, 2.45) is 7.05 Å². The molecule has 0 unspecified atom stereocenters. The normalized spacial score (nSPS) is 12.3. The lowest BCUT2D eigenvalue weighted by Crippen LogP contribution is -2.26. The number of hydroxylamine groups is 1. The first-order valence-corrected chi connectivity index (χ1v) is 13.5. The van der Waals surface area contributed by atoms with E-state index in [4.69, 9.17) is 4.84 Å². The third-order valence-corrected chi connectivity index (χ3v) is 7.83. The van der Waals surface area contributed by atoms with E-state index in [1.807, 2.05) is 31.2 Å². The number of imidazole rings is 1. The maximum Gasteiger partial charge on any atom is 0.433 e. The highest BCUT2D eigenvalue weighted by Gasteiger charge is 2.34. The summed E-state index contributed by atoms with van der Waals surface area (Å²) in [5.41, 5.74) is 3.02. The second-order valence-electron chi connectivity index (χ2n) is 8.90. The predicted molar refractivity (Wildman–Crippen MR) is 137 cm³/mol. The number of hydrogen-bond donors (Lipinski definition) is 1. The first-order valence-electron chi connectivity index (χ1n) is 11.9. The van der Waals surface area contributed by atoms with Gasteiger partial charge in [0.05, 0.1) is 29.6 Å². The van der Waals surface area contributed by atoms with Crippen molar-refractivity contribution in [2.45, 2.75) is 31.7 Å². The molecule has 208 valence electrons. The Hall–Kier alpha value is -4.37. The number of carbonyl (C=O) groups excluding carboxylic acids is 1. The fourth-order valence-corrected chi connectivity index (χ4v) is 5.01. The lowest BCUT2D eigenvalue weighted by molar-refractivity contribution is -0.141. The Morgan fingerprint density at radius 3 is 2.52 bits per heavy atom. The molecule has 0 aliphatic carbocycles. The Labute approximate surface area is 225 Å². The average Bonchev–Trinajstić information content (AvgIpc) is 3.47. The van der Waals surface area contributed by atoms with Crippen molar-refractivity contribution in [2.75, 3.05) is 5.75 Å². The second-order valence-corrected chi connectivity index (χ2v) is 11.1. The van der Waals surface area contributed by atoms with Gasteiger partial charge in [-0.1, -0.05) is 36.8 Å². The molecule has 4 heterocycles. The number of nitrogens with zero attached hydrogens (tertiary/aromatic N) is 6. The Morgan fingerprint density at radius 2 is 1.85 bits per heavy atom. The number of sulfone groups is 1. The summed E-state index contributed by atoms with van der Waals surface area (Å²) in [4.78, 5) is 30.3. The summed E-state index contributed by atoms with van der Waals surface area (Å²) in [5, 5.41) is 3.77. The summed E-state index contributed by atoms with van der Waals surface area (Å²) in [6, 6.07) is 9.58. The number of pyridine rings is 1. The molecule has 0 saturated carbocycles. The quantitative estimate of drug-likeness (QED) is 0.292. The smallest absolute Gasteiger partial charge is 0.326 e. The lowest BCUT2D eigenvalue weighted by Gasteiger charge is -2.07. The van der Waals surface area contributed by atoms with Crippen molar-refractivity contribution < 1.29 is 31.2 Å². The summed E-state index contributed by atoms with van der Waals surface area (Å²) in [7, 11) is -2.51. The van der Waals surface area contributed by atoms with Gasteiger partial charge in [0.1, 0.15) is 22.8 Å². The van der Waals surface area contributed by atoms with Gasteiger partial charge < -0.3 is 4.57 Å². The molecule has 15 heteroatoms. The molecule has 0 fully saturated rings. The SMILES string of the molecule is CCS(=O)(=O)c1nn2c(C(=O)NOCc3ccc(C)cc3)ccnc2c1-c1nc2cc(C(F)(F)F)ncc2n1C. The molecule has 11 nitrogen and oxygen atoms in total. The molecule has 0 bridgehead atoms. The van der Waals surface area contributed by atoms with E-state index in [2.05, 4.69) is 25.5 Å². The topological polar surface area (TPSA) is 133 Å². The highest BCUT2D eigenvalue weighted by atomic mass is 32.2. The third-order valence-electron chi connectivity index (χ3n) is 6.20. The first kappa shape index (κ1) is 27.2. The van der Waals surface area contributed by atoms with E-state index in [0.29, 0.717) is 0 Å². The minimum Gasteiger partial charge on any atom is -0.326 e. The Balaban J connectivity index is 1.60. The van der Waals surface area contributed by atoms with Gasteiger partial charge >= 0.3 is 6.18 Å². The minimum absolute atomic E-state index is 0.0150. The largest absolute Gasteiger partial charge is 0.433 e. The zero-order chi connectivity index (χ0) is 28.8. The monoisotopic (exact) mass is 573 g/mol. The van der Waals surface area contributed by atoms with Gasteiger partial charge in [0.2, 0.25) is 0 Å². The molecule has 4 aromatic heterocycles. The van der Waals surface area contributed by atoms with Gasteiger partial charge in [-0.05, 0) is 24.6 Å². The number of amides is 1. The standard InChI is InChI=1S/C25H22F3N7O4S/c1-4-40(37,38)24-20(22-31-16-11-19(25(26,27)28)30-12-18(16)34(22)3)21-29-10-9-17(35(21)32-24)23(36)33-39-13-15-7-5-14(2)6-8-15/h5-12H,4,13H2,1-3H3,(H,33,36). The summed E-state index contributed by atoms with van der Waals surface area (Å²) in [6.07, 6.45) is -2.41. The fourth-order valence-electron chi connectivity index (χ4n) is 4.04. The van der Waals surface area contributed by atoms with Crippen LogP contribution in [0.4, 0.5) is 13.2 Å². The molecule has 0 aliphatic rings. The van der Waals surface area contributed by atoms with Gasteiger partial charge in [-0.2, -0.15) is 18.3 Å². The van der Waals surface area contributed by atoms with Gasteiger partial charge in [0.15, 0.2) is 20.5 Å². The average molecular weight is 574 g/mol. The number of rotatable bonds is 7. The van der Waals surface area contributed by atoms with Crippen LogP contribution < -0.4 is 5.48 Å². The summed E-state index contributed by atoms with van der Waals surface area (Å²) >= 11 is 0. The van der Waals surface area contributed by atoms with Gasteiger partial charge in [-0.15, -0.1) is 0 Å². The predicted octanol–water partition coefficient (Wildman–Crippen LogP) is 3.66. The zero-order valence-electron chi connectivity index (χ0n) is 21.4. The van der Waals surface area contributed by atoms with Crippen LogP contribution in [-0.4, -0.2) is 49.2 Å². The summed E-state index contributed by atoms with van der Waals surface area (Å²) < 4.78 is 68.3. The number of alkyl halides is 3. The van der Waals surface area contributed by atoms with Crippen LogP contribution in [0.2, 0.25) is 0 Å². The van der Waals surface area contributed by atoms with E-state index in [0.717, 1.165) is 27.9 Å². The summed E-state index contributed by atoms with van der Waals surface area (Å²) in [6.45, 7) is 3.43. The molecule has 1 N–H and O–H groups in total. The molecule has 0 atom stereocenters. The molecule has 0 radical (unpaired) electrons. The number of hydrogen-bond acceptors (Lipinski definition) is 8. The van der Waals surface area contributed by atoms with Crippen molar-refractivity contribution >= 4 is 32.4 Å². The van der Waals surface area contributed by atoms with Crippen molar-refractivity contribution in [1.82, 2.24) is 34.6 Å². The molecular weight excluding hydrogens is 551 g/mol. The maximum atomic E-state index is 13.2. The maximum absolute atomic E-state index is 13.2. The fraction of sp³-hybridized carbons (Fsp3) is 0.240. The molecule has 0 saturated heterocycles. The number of aryl methyl sites for hydroxylation is 2. The van der Waals surface area contributed by atoms with Crippen molar-refractivity contribution in [1.29, 1.82) is 0 Å². The van der Waals surface area contributed by atoms with Crippen molar-refractivity contribution in [3.05, 3.63) is 71.3 Å². The van der Waals surface area contributed by atoms with E-state index in [-0.39, 0.29) is 46.1 Å². The highest BCUT2D eigenvalue weighted by Crippen LogP contribution is 2.34. The van der Waals surface area contributed by atoms with Crippen LogP contribution >= 0.6 is 0 Å². The minimum atomic E-state index is -4.70. The second kappa shape index (κ2) is 9.98. The molecule has 1 amide bonds. The first-order chi connectivity index (χ1) is 18.9. The number of carbonyl (C=O) groups is 1. The molecular formula is C25H22F3N7O4S. The van der Waals surface area contributed by atoms with Crippen molar-refractivity contribution in [3.63, 3.8) is 0 Å². The third kappa shape index (κ3) is 4.88. The zero-order valence-corrected chi connectivity index (χ0v) is 22.2. The van der Waals surface area contributed by atoms with Crippen LogP contribution in [0.25, 0.3) is 28.1 Å². The van der Waals surface area contributed by atoms with E-state index >= 15 is 0 Å². The van der Waals surface area contributed by atoms with Crippen LogP contribution in [0.15, 0.2) is 53.8 Å². The van der Waals surface area contributed by atoms with E-state index in [9.17, 15) is 26.4 Å². The number of nitrogens with one attached hydrogen (secondary N) is 1. The Bertz CT molecular complexity index is 1860. The van der Waals surface area contributed by atoms with Crippen LogP contribution in [0, 0.1) is 6.92 Å². The Morgan fingerprint density at radius 1 is 1.12 bits per heavy atom. The van der Waals surface area contributed by atoms with E-state index in [1.165, 1.54) is 30.8 Å². The Kier molecular flexibility index (Phi) is 6.79. The lowest BCUT2D eigenvalue weighted by atomic mass is 10.2. The number of benzene rings is 1. The highest BCUT2D eigenvalue weighted by molar-refractivity contribution is 7.91. The van der Waals surface area contributed by atoms with Gasteiger partial charge in [0.25, 0.3) is 5.91 Å². The molecule has 0 aliphatic heterocycles. The molecule has 5 aromatic rings. The van der Waals surface area contributed by atoms with Gasteiger partial charge in [-0.25, -0.2) is 33.4 Å². The number of halogens is 3. The summed E-state index contributed by atoms with van der Waals surface area (Å²) in [5.74, 6) is -1.08. The molecule has 1 aromatic carbocycles. The van der Waals surface area contributed by atoms with E-state index in [1.54, 1.807) is 0 Å². The van der Waals surface area contributed by atoms with Gasteiger partial charge in [0, 0.05) is 13.2 Å². The van der Waals surface area contributed by atoms with E-state index < -0.39 is 32.6 Å². The molecule has 5 rings (SSSR count). The van der Waals surface area contributed by atoms with Crippen LogP contribution in [0.5, 0.6) is 0 Å². The number of aromatic nitrogens is 6. The number of fused-ring (bicyclic) bond motifs is 2. The van der Waals surface area contributed by atoms with Gasteiger partial charge in [-0.3, -0.25) is 9.63 Å². The van der Waals surface area contributed by atoms with Crippen LogP contribution in [0.3, 0.4) is 0 Å². The van der Waals surface area contributed by atoms with Crippen molar-refractivity contribution in [3.8, 4) is 11.4 Å².